The van der Waals surface area contributed by atoms with Gasteiger partial charge in [-0.3, -0.25) is 4.79 Å². The molecule has 0 saturated carbocycles. The number of carboxylic acids is 1. The van der Waals surface area contributed by atoms with Crippen LogP contribution in [0, 0.1) is 17.8 Å². The average Bonchev–Trinajstić information content (AvgIpc) is 3.54. The molecule has 58 heavy (non-hydrogen) atoms. The number of aliphatic hydroxyl groups is 3. The maximum atomic E-state index is 13.0. The molecule has 3 saturated heterocycles. The van der Waals surface area contributed by atoms with Crippen molar-refractivity contribution in [2.75, 3.05) is 0 Å². The summed E-state index contributed by atoms with van der Waals surface area (Å²) in [6.45, 7) is 8.15. The number of aliphatic hydroxyl groups excluding tert-OH is 3. The predicted octanol–water partition coefficient (Wildman–Crippen LogP) is 6.80. The van der Waals surface area contributed by atoms with E-state index < -0.39 is 48.6 Å². The molecule has 320 valence electrons. The van der Waals surface area contributed by atoms with Crippen molar-refractivity contribution in [2.24, 2.45) is 17.8 Å². The van der Waals surface area contributed by atoms with Gasteiger partial charge in [-0.25, -0.2) is 4.79 Å². The largest absolute Gasteiger partial charge is 0.481 e. The minimum Gasteiger partial charge on any atom is -0.481 e. The first kappa shape index (κ1) is 45.7. The van der Waals surface area contributed by atoms with E-state index in [9.17, 15) is 24.9 Å². The van der Waals surface area contributed by atoms with E-state index in [-0.39, 0.29) is 67.2 Å². The minimum atomic E-state index is -1.18. The number of aliphatic carboxylic acids is 1. The molecule has 0 aromatic rings. The van der Waals surface area contributed by atoms with Gasteiger partial charge in [-0.05, 0) is 63.0 Å². The van der Waals surface area contributed by atoms with Crippen LogP contribution in [0.2, 0.25) is 0 Å². The van der Waals surface area contributed by atoms with Crippen LogP contribution in [0.1, 0.15) is 91.9 Å². The summed E-state index contributed by atoms with van der Waals surface area (Å²) in [6, 6.07) is 0. The zero-order chi connectivity index (χ0) is 41.6. The molecule has 0 aliphatic carbocycles. The smallest absolute Gasteiger partial charge is 0.331 e. The van der Waals surface area contributed by atoms with E-state index >= 15 is 0 Å². The molecule has 0 aromatic heterocycles. The standard InChI is InChI=1S/C47H66O11/c1-30(17-14-15-23-44(50)51)27-31(2)47-40-26-25-34(54-47)18-10-6-5-7-11-19-35(48)46(53)43-28-36(49)32(3)37(56-43)21-16-22-38-33(4)41-29-42(55-38)39(57-41)20-12-8-9-13-24-45(52)58-40/h6,8-13,16,19-20,22,24-27,30,32-43,46-49,53H,5,7,14-15,17-18,21,23,28-29H2,1-4H3,(H,50,51)/b9-8+,10-6-,19-11?,20-12?,22-16?,24-13+,31-27?. The number of fused-ring (bicyclic) bond motifs is 13. The van der Waals surface area contributed by atoms with E-state index in [0.717, 1.165) is 31.3 Å². The zero-order valence-electron chi connectivity index (χ0n) is 34.5. The van der Waals surface area contributed by atoms with Crippen molar-refractivity contribution < 1.29 is 53.7 Å². The number of rotatable bonds is 7. The number of ether oxygens (including phenoxy) is 5. The maximum absolute atomic E-state index is 13.0. The molecular weight excluding hydrogens is 741 g/mol. The van der Waals surface area contributed by atoms with Crippen molar-refractivity contribution in [3.8, 4) is 0 Å². The number of allylic oxidation sites excluding steroid dienone is 7. The molecule has 6 aliphatic heterocycles. The number of carbonyl (C=O) groups excluding carboxylic acids is 1. The molecule has 7 bridgehead atoms. The first-order chi connectivity index (χ1) is 27.9. The molecule has 15 atom stereocenters. The van der Waals surface area contributed by atoms with Gasteiger partial charge in [-0.15, -0.1) is 0 Å². The zero-order valence-corrected chi connectivity index (χ0v) is 34.5. The summed E-state index contributed by atoms with van der Waals surface area (Å²) in [6.07, 6.45) is 28.3. The molecule has 4 N–H and O–H groups in total. The molecular formula is C47H66O11. The van der Waals surface area contributed by atoms with Crippen LogP contribution >= 0.6 is 0 Å². The van der Waals surface area contributed by atoms with Gasteiger partial charge in [0.1, 0.15) is 24.4 Å². The summed E-state index contributed by atoms with van der Waals surface area (Å²) in [4.78, 5) is 23.9. The quantitative estimate of drug-likeness (QED) is 0.122. The second-order valence-corrected chi connectivity index (χ2v) is 16.6. The highest BCUT2D eigenvalue weighted by Crippen LogP contribution is 2.38. The second-order valence-electron chi connectivity index (χ2n) is 16.6. The average molecular weight is 807 g/mol. The highest BCUT2D eigenvalue weighted by atomic mass is 16.6. The summed E-state index contributed by atoms with van der Waals surface area (Å²) >= 11 is 0. The van der Waals surface area contributed by atoms with Crippen LogP contribution < -0.4 is 0 Å². The van der Waals surface area contributed by atoms with Gasteiger partial charge in [0.25, 0.3) is 0 Å². The van der Waals surface area contributed by atoms with Crippen LogP contribution in [-0.4, -0.2) is 106 Å². The Morgan fingerprint density at radius 1 is 0.759 bits per heavy atom. The molecule has 0 amide bonds. The van der Waals surface area contributed by atoms with Crippen molar-refractivity contribution in [3.63, 3.8) is 0 Å². The van der Waals surface area contributed by atoms with Crippen LogP contribution in [-0.2, 0) is 33.3 Å². The first-order valence-electron chi connectivity index (χ1n) is 21.3. The summed E-state index contributed by atoms with van der Waals surface area (Å²) in [5.74, 6) is -1.09. The Bertz CT molecular complexity index is 1570. The molecule has 6 heterocycles. The third-order valence-electron chi connectivity index (χ3n) is 12.0. The van der Waals surface area contributed by atoms with E-state index in [0.29, 0.717) is 25.7 Å². The lowest BCUT2D eigenvalue weighted by Crippen LogP contribution is -2.50. The Hall–Kier alpha value is -3.42. The third kappa shape index (κ3) is 13.6. The highest BCUT2D eigenvalue weighted by Gasteiger charge is 2.45. The fourth-order valence-electron chi connectivity index (χ4n) is 8.38. The fourth-order valence-corrected chi connectivity index (χ4v) is 8.38. The molecule has 11 nitrogen and oxygen atoms in total. The first-order valence-corrected chi connectivity index (χ1v) is 21.3. The number of carbonyl (C=O) groups is 2. The van der Waals surface area contributed by atoms with Crippen LogP contribution in [0.5, 0.6) is 0 Å². The van der Waals surface area contributed by atoms with E-state index in [1.165, 1.54) is 6.08 Å². The Balaban J connectivity index is 1.29. The Morgan fingerprint density at radius 2 is 1.53 bits per heavy atom. The molecule has 6 rings (SSSR count). The minimum absolute atomic E-state index is 0.0508. The fraction of sp³-hybridized carbons (Fsp3) is 0.617. The van der Waals surface area contributed by atoms with Crippen molar-refractivity contribution in [2.45, 2.75) is 165 Å². The van der Waals surface area contributed by atoms with Crippen LogP contribution in [0.15, 0.2) is 96.7 Å². The predicted molar refractivity (Wildman–Crippen MR) is 222 cm³/mol. The Morgan fingerprint density at radius 3 is 2.34 bits per heavy atom. The molecule has 0 radical (unpaired) electrons. The van der Waals surface area contributed by atoms with E-state index in [1.54, 1.807) is 18.2 Å². The van der Waals surface area contributed by atoms with Gasteiger partial charge in [0.05, 0.1) is 42.7 Å². The molecule has 15 unspecified atom stereocenters. The molecule has 0 spiro atoms. The number of unbranched alkanes of at least 4 members (excludes halogenated alkanes) is 1. The second kappa shape index (κ2) is 22.8. The summed E-state index contributed by atoms with van der Waals surface area (Å²) in [5, 5.41) is 41.7. The molecule has 3 fully saturated rings. The highest BCUT2D eigenvalue weighted by molar-refractivity contribution is 5.82. The van der Waals surface area contributed by atoms with E-state index in [2.05, 4.69) is 32.1 Å². The van der Waals surface area contributed by atoms with Crippen molar-refractivity contribution in [1.29, 1.82) is 0 Å². The number of carboxylic acid groups (broad SMARTS) is 1. The van der Waals surface area contributed by atoms with E-state index in [1.807, 2.05) is 62.5 Å². The lowest BCUT2D eigenvalue weighted by Gasteiger charge is -2.40. The number of hydrogen-bond donors (Lipinski definition) is 4. The van der Waals surface area contributed by atoms with Crippen molar-refractivity contribution in [3.05, 3.63) is 96.7 Å². The van der Waals surface area contributed by atoms with Gasteiger partial charge in [0.15, 0.2) is 6.10 Å². The van der Waals surface area contributed by atoms with Gasteiger partial charge in [-0.1, -0.05) is 106 Å². The number of hydrogen-bond acceptors (Lipinski definition) is 10. The Labute approximate surface area is 344 Å². The normalized spacial score (nSPS) is 40.1. The van der Waals surface area contributed by atoms with Crippen LogP contribution in [0.3, 0.4) is 0 Å². The van der Waals surface area contributed by atoms with Gasteiger partial charge >= 0.3 is 11.9 Å². The maximum Gasteiger partial charge on any atom is 0.331 e. The van der Waals surface area contributed by atoms with Crippen LogP contribution in [0.4, 0.5) is 0 Å². The van der Waals surface area contributed by atoms with Gasteiger partial charge in [-0.2, -0.15) is 0 Å². The topological polar surface area (TPSA) is 161 Å². The third-order valence-corrected chi connectivity index (χ3v) is 12.0. The Kier molecular flexibility index (Phi) is 18.0. The van der Waals surface area contributed by atoms with Gasteiger partial charge in [0.2, 0.25) is 0 Å². The lowest BCUT2D eigenvalue weighted by atomic mass is 9.85. The molecule has 6 aliphatic rings. The lowest BCUT2D eigenvalue weighted by molar-refractivity contribution is -0.175. The summed E-state index contributed by atoms with van der Waals surface area (Å²) in [7, 11) is 0. The summed E-state index contributed by atoms with van der Waals surface area (Å²) in [5.41, 5.74) is 0.945. The number of esters is 1. The van der Waals surface area contributed by atoms with E-state index in [4.69, 9.17) is 28.8 Å². The molecule has 11 heteroatoms. The summed E-state index contributed by atoms with van der Waals surface area (Å²) < 4.78 is 31.5. The van der Waals surface area contributed by atoms with Gasteiger partial charge in [0, 0.05) is 37.2 Å². The van der Waals surface area contributed by atoms with Crippen molar-refractivity contribution in [1.82, 2.24) is 0 Å². The van der Waals surface area contributed by atoms with Crippen molar-refractivity contribution >= 4 is 11.9 Å². The molecule has 0 aromatic carbocycles. The van der Waals surface area contributed by atoms with Gasteiger partial charge < -0.3 is 44.1 Å². The van der Waals surface area contributed by atoms with Crippen LogP contribution in [0.25, 0.3) is 0 Å². The monoisotopic (exact) mass is 806 g/mol. The SMILES string of the molecule is CC(=CC(C)CCCCC(=O)O)C1OC2C=CC1OC(=O)/C=C/C=C/C=CC1OC3CC1OC(C=CCC1OC(CC(O)C1C)C(O)C(O)C=CCC/C=C\C2)C3C.